The van der Waals surface area contributed by atoms with Crippen molar-refractivity contribution in [2.45, 2.75) is 32.1 Å². The monoisotopic (exact) mass is 316 g/mol. The highest BCUT2D eigenvalue weighted by Crippen LogP contribution is 2.22. The number of nitrogens with zero attached hydrogens (tertiary/aromatic N) is 2. The Bertz CT molecular complexity index is 592. The van der Waals surface area contributed by atoms with E-state index in [-0.39, 0.29) is 12.0 Å². The first-order valence-corrected chi connectivity index (χ1v) is 8.38. The van der Waals surface area contributed by atoms with Gasteiger partial charge >= 0.3 is 6.09 Å². The average Bonchev–Trinajstić information content (AvgIpc) is 2.61. The predicted octanol–water partition coefficient (Wildman–Crippen LogP) is 2.02. The van der Waals surface area contributed by atoms with Crippen LogP contribution in [0.25, 0.3) is 0 Å². The highest BCUT2D eigenvalue weighted by atomic mass is 16.5. The van der Waals surface area contributed by atoms with Crippen LogP contribution >= 0.6 is 0 Å². The van der Waals surface area contributed by atoms with Crippen LogP contribution in [0.1, 0.15) is 29.5 Å². The van der Waals surface area contributed by atoms with Gasteiger partial charge < -0.3 is 14.5 Å². The van der Waals surface area contributed by atoms with Crippen molar-refractivity contribution in [3.63, 3.8) is 0 Å². The van der Waals surface area contributed by atoms with Crippen molar-refractivity contribution < 1.29 is 14.3 Å². The highest BCUT2D eigenvalue weighted by molar-refractivity contribution is 5.79. The normalized spacial score (nSPS) is 17.6. The first kappa shape index (κ1) is 15.8. The van der Waals surface area contributed by atoms with E-state index in [4.69, 9.17) is 4.74 Å². The molecule has 5 nitrogen and oxygen atoms in total. The molecule has 1 fully saturated rings. The first-order chi connectivity index (χ1) is 11.2. The van der Waals surface area contributed by atoms with Crippen LogP contribution in [0.4, 0.5) is 4.79 Å². The maximum Gasteiger partial charge on any atom is 0.409 e. The summed E-state index contributed by atoms with van der Waals surface area (Å²) in [5.41, 5.74) is 3.96. The summed E-state index contributed by atoms with van der Waals surface area (Å²) < 4.78 is 4.72. The fourth-order valence-electron chi connectivity index (χ4n) is 3.45. The van der Waals surface area contributed by atoms with Crippen molar-refractivity contribution in [1.82, 2.24) is 9.80 Å². The lowest BCUT2D eigenvalue weighted by atomic mass is 9.90. The van der Waals surface area contributed by atoms with Crippen LogP contribution in [0.2, 0.25) is 0 Å². The molecule has 0 atom stereocenters. The molecular formula is C18H24N2O3. The van der Waals surface area contributed by atoms with Crippen molar-refractivity contribution in [2.24, 2.45) is 0 Å². The second-order valence-corrected chi connectivity index (χ2v) is 6.32. The van der Waals surface area contributed by atoms with Crippen LogP contribution in [0.5, 0.6) is 0 Å². The summed E-state index contributed by atoms with van der Waals surface area (Å²) in [6, 6.07) is 6.48. The van der Waals surface area contributed by atoms with Crippen LogP contribution in [-0.4, -0.2) is 55.1 Å². The third-order valence-electron chi connectivity index (χ3n) is 4.83. The molecule has 124 valence electrons. The smallest absolute Gasteiger partial charge is 0.409 e. The maximum atomic E-state index is 12.5. The number of hydrogen-bond donors (Lipinski definition) is 0. The molecule has 1 aromatic rings. The largest absolute Gasteiger partial charge is 0.453 e. The summed E-state index contributed by atoms with van der Waals surface area (Å²) in [6.45, 7) is 2.25. The van der Waals surface area contributed by atoms with Crippen LogP contribution in [-0.2, 0) is 28.8 Å². The minimum Gasteiger partial charge on any atom is -0.453 e. The predicted molar refractivity (Wildman–Crippen MR) is 87.3 cm³/mol. The fraction of sp³-hybridized carbons (Fsp3) is 0.556. The molecule has 1 saturated heterocycles. The Morgan fingerprint density at radius 3 is 2.35 bits per heavy atom. The Balaban J connectivity index is 1.56. The third-order valence-corrected chi connectivity index (χ3v) is 4.83. The van der Waals surface area contributed by atoms with E-state index in [1.165, 1.54) is 37.5 Å². The minimum absolute atomic E-state index is 0.144. The van der Waals surface area contributed by atoms with E-state index in [1.807, 2.05) is 4.90 Å². The number of hydrogen-bond acceptors (Lipinski definition) is 3. The highest BCUT2D eigenvalue weighted by Gasteiger charge is 2.24. The van der Waals surface area contributed by atoms with Gasteiger partial charge in [0.05, 0.1) is 13.5 Å². The molecule has 1 aliphatic carbocycles. The van der Waals surface area contributed by atoms with Gasteiger partial charge in [-0.2, -0.15) is 0 Å². The fourth-order valence-corrected chi connectivity index (χ4v) is 3.45. The Labute approximate surface area is 137 Å². The topological polar surface area (TPSA) is 49.9 Å². The maximum absolute atomic E-state index is 12.5. The second-order valence-electron chi connectivity index (χ2n) is 6.32. The quantitative estimate of drug-likeness (QED) is 0.839. The molecule has 1 aromatic carbocycles. The minimum atomic E-state index is -0.313. The SMILES string of the molecule is COC(=O)N1CCN(C(=O)Cc2ccc3c(c2)CCCC3)CC1. The van der Waals surface area contributed by atoms with Gasteiger partial charge in [-0.3, -0.25) is 4.79 Å². The zero-order valence-electron chi connectivity index (χ0n) is 13.7. The van der Waals surface area contributed by atoms with E-state index in [0.717, 1.165) is 12.0 Å². The number of carbonyl (C=O) groups is 2. The number of methoxy groups -OCH3 is 1. The lowest BCUT2D eigenvalue weighted by Crippen LogP contribution is -2.50. The lowest BCUT2D eigenvalue weighted by Gasteiger charge is -2.34. The van der Waals surface area contributed by atoms with Gasteiger partial charge in [0.1, 0.15) is 0 Å². The number of piperazine rings is 1. The van der Waals surface area contributed by atoms with E-state index in [0.29, 0.717) is 32.6 Å². The summed E-state index contributed by atoms with van der Waals surface area (Å²) in [6.07, 6.45) is 4.96. The Morgan fingerprint density at radius 1 is 1.00 bits per heavy atom. The molecule has 0 spiro atoms. The molecule has 1 heterocycles. The molecule has 23 heavy (non-hydrogen) atoms. The van der Waals surface area contributed by atoms with E-state index in [1.54, 1.807) is 4.90 Å². The summed E-state index contributed by atoms with van der Waals surface area (Å²) in [4.78, 5) is 27.4. The molecule has 3 rings (SSSR count). The third kappa shape index (κ3) is 3.66. The number of benzene rings is 1. The van der Waals surface area contributed by atoms with E-state index in [9.17, 15) is 9.59 Å². The van der Waals surface area contributed by atoms with Crippen molar-refractivity contribution in [2.75, 3.05) is 33.3 Å². The van der Waals surface area contributed by atoms with E-state index < -0.39 is 0 Å². The molecule has 5 heteroatoms. The van der Waals surface area contributed by atoms with Crippen LogP contribution in [0, 0.1) is 0 Å². The van der Waals surface area contributed by atoms with Gasteiger partial charge in [-0.05, 0) is 42.4 Å². The molecule has 0 aromatic heterocycles. The lowest BCUT2D eigenvalue weighted by molar-refractivity contribution is -0.132. The number of fused-ring (bicyclic) bond motifs is 1. The zero-order chi connectivity index (χ0) is 16.2. The summed E-state index contributed by atoms with van der Waals surface area (Å²) >= 11 is 0. The van der Waals surface area contributed by atoms with Crippen LogP contribution < -0.4 is 0 Å². The van der Waals surface area contributed by atoms with Gasteiger partial charge in [0.2, 0.25) is 5.91 Å². The zero-order valence-corrected chi connectivity index (χ0v) is 13.7. The van der Waals surface area contributed by atoms with E-state index >= 15 is 0 Å². The van der Waals surface area contributed by atoms with Gasteiger partial charge in [-0.15, -0.1) is 0 Å². The molecule has 2 aliphatic rings. The molecular weight excluding hydrogens is 292 g/mol. The Hall–Kier alpha value is -2.04. The van der Waals surface area contributed by atoms with Crippen molar-refractivity contribution in [3.05, 3.63) is 34.9 Å². The Kier molecular flexibility index (Phi) is 4.84. The van der Waals surface area contributed by atoms with Gasteiger partial charge in [-0.1, -0.05) is 18.2 Å². The number of rotatable bonds is 2. The number of aryl methyl sites for hydroxylation is 2. The standard InChI is InChI=1S/C18H24N2O3/c1-23-18(22)20-10-8-19(9-11-20)17(21)13-14-6-7-15-4-2-3-5-16(15)12-14/h6-7,12H,2-5,8-11,13H2,1H3. The number of carbonyl (C=O) groups excluding carboxylic acids is 2. The molecule has 0 radical (unpaired) electrons. The van der Waals surface area contributed by atoms with Gasteiger partial charge in [0.25, 0.3) is 0 Å². The van der Waals surface area contributed by atoms with Crippen LogP contribution in [0.15, 0.2) is 18.2 Å². The van der Waals surface area contributed by atoms with Gasteiger partial charge in [-0.25, -0.2) is 4.79 Å². The number of amides is 2. The number of ether oxygens (including phenoxy) is 1. The van der Waals surface area contributed by atoms with Crippen molar-refractivity contribution in [1.29, 1.82) is 0 Å². The summed E-state index contributed by atoms with van der Waals surface area (Å²) in [5, 5.41) is 0. The van der Waals surface area contributed by atoms with Gasteiger partial charge in [0.15, 0.2) is 0 Å². The molecule has 2 amide bonds. The summed E-state index contributed by atoms with van der Waals surface area (Å²) in [7, 11) is 1.38. The molecule has 0 unspecified atom stereocenters. The van der Waals surface area contributed by atoms with Crippen molar-refractivity contribution in [3.8, 4) is 0 Å². The molecule has 0 N–H and O–H groups in total. The van der Waals surface area contributed by atoms with Crippen LogP contribution in [0.3, 0.4) is 0 Å². The first-order valence-electron chi connectivity index (χ1n) is 8.38. The van der Waals surface area contributed by atoms with Gasteiger partial charge in [0, 0.05) is 26.2 Å². The molecule has 1 aliphatic heterocycles. The molecule has 0 saturated carbocycles. The second kappa shape index (κ2) is 7.02. The van der Waals surface area contributed by atoms with E-state index in [2.05, 4.69) is 18.2 Å². The average molecular weight is 316 g/mol. The van der Waals surface area contributed by atoms with Crippen molar-refractivity contribution >= 4 is 12.0 Å². The Morgan fingerprint density at radius 2 is 1.65 bits per heavy atom. The molecule has 0 bridgehead atoms. The summed E-state index contributed by atoms with van der Waals surface area (Å²) in [5.74, 6) is 0.144.